The zero-order valence-corrected chi connectivity index (χ0v) is 6.62. The Morgan fingerprint density at radius 3 is 2.45 bits per heavy atom. The van der Waals surface area contributed by atoms with Gasteiger partial charge in [-0.05, 0) is 18.1 Å². The fourth-order valence-corrected chi connectivity index (χ4v) is 0.942. The highest BCUT2D eigenvalue weighted by Crippen LogP contribution is 2.11. The Balaban J connectivity index is 2.94. The van der Waals surface area contributed by atoms with Crippen molar-refractivity contribution in [3.63, 3.8) is 0 Å². The third kappa shape index (κ3) is 2.08. The van der Waals surface area contributed by atoms with Crippen LogP contribution in [0.15, 0.2) is 42.5 Å². The van der Waals surface area contributed by atoms with Crippen LogP contribution < -0.4 is 0 Å². The molecule has 0 heterocycles. The Morgan fingerprint density at radius 1 is 1.27 bits per heavy atom. The van der Waals surface area contributed by atoms with Crippen LogP contribution in [0.25, 0.3) is 5.57 Å². The van der Waals surface area contributed by atoms with E-state index in [0.29, 0.717) is 0 Å². The predicted octanol–water partition coefficient (Wildman–Crippen LogP) is 3.08. The van der Waals surface area contributed by atoms with Crippen LogP contribution in [-0.2, 0) is 0 Å². The van der Waals surface area contributed by atoms with Crippen molar-refractivity contribution >= 4 is 5.57 Å². The van der Waals surface area contributed by atoms with Crippen LogP contribution in [-0.4, -0.2) is 0 Å². The Hall–Kier alpha value is -1.30. The van der Waals surface area contributed by atoms with Gasteiger partial charge in [-0.3, -0.25) is 0 Å². The van der Waals surface area contributed by atoms with Gasteiger partial charge in [0.1, 0.15) is 0 Å². The molecule has 0 fully saturated rings. The van der Waals surface area contributed by atoms with Crippen molar-refractivity contribution in [2.45, 2.75) is 6.92 Å². The molecule has 0 unspecified atom stereocenters. The van der Waals surface area contributed by atoms with Crippen molar-refractivity contribution in [3.8, 4) is 0 Å². The highest BCUT2D eigenvalue weighted by molar-refractivity contribution is 5.64. The Labute approximate surface area is 67.9 Å². The first-order valence-corrected chi connectivity index (χ1v) is 3.62. The summed E-state index contributed by atoms with van der Waals surface area (Å²) in [5, 5.41) is 0. The van der Waals surface area contributed by atoms with Gasteiger partial charge in [-0.25, -0.2) is 0 Å². The summed E-state index contributed by atoms with van der Waals surface area (Å²) in [7, 11) is 0. The molecule has 0 aliphatic rings. The van der Waals surface area contributed by atoms with Gasteiger partial charge in [0.25, 0.3) is 0 Å². The minimum absolute atomic E-state index is 1.19. The maximum Gasteiger partial charge on any atom is -0.0227 e. The van der Waals surface area contributed by atoms with Crippen LogP contribution in [0.4, 0.5) is 0 Å². The van der Waals surface area contributed by atoms with Gasteiger partial charge in [0.05, 0.1) is 0 Å². The number of allylic oxidation sites excluding steroid dienone is 3. The lowest BCUT2D eigenvalue weighted by atomic mass is 10.1. The fraction of sp³-hybridized carbons (Fsp3) is 0.0909. The summed E-state index contributed by atoms with van der Waals surface area (Å²) in [5.74, 6) is 0. The molecule has 0 aliphatic carbocycles. The summed E-state index contributed by atoms with van der Waals surface area (Å²) in [6.07, 6.45) is 3.46. The lowest BCUT2D eigenvalue weighted by Crippen LogP contribution is -1.75. The molecule has 0 bridgehead atoms. The van der Waals surface area contributed by atoms with E-state index in [0.717, 1.165) is 0 Å². The van der Waals surface area contributed by atoms with Crippen molar-refractivity contribution in [2.75, 3.05) is 0 Å². The van der Waals surface area contributed by atoms with Gasteiger partial charge in [0, 0.05) is 0 Å². The molecule has 0 amide bonds. The summed E-state index contributed by atoms with van der Waals surface area (Å²) < 4.78 is 0. The number of rotatable bonds is 2. The third-order valence-corrected chi connectivity index (χ3v) is 1.58. The first-order chi connectivity index (χ1) is 5.34. The summed E-state index contributed by atoms with van der Waals surface area (Å²) in [6, 6.07) is 10.2. The van der Waals surface area contributed by atoms with Gasteiger partial charge in [-0.15, -0.1) is 0 Å². The molecule has 0 spiro atoms. The SMILES string of the molecule is [CH]=C/C=C(/C)c1ccccc1. The number of hydrogen-bond donors (Lipinski definition) is 0. The van der Waals surface area contributed by atoms with Crippen LogP contribution >= 0.6 is 0 Å². The van der Waals surface area contributed by atoms with Crippen LogP contribution in [0.1, 0.15) is 12.5 Å². The van der Waals surface area contributed by atoms with Gasteiger partial charge >= 0.3 is 0 Å². The van der Waals surface area contributed by atoms with Gasteiger partial charge < -0.3 is 0 Å². The van der Waals surface area contributed by atoms with E-state index in [1.54, 1.807) is 6.08 Å². The molecular weight excluding hydrogens is 132 g/mol. The van der Waals surface area contributed by atoms with Gasteiger partial charge in [0.15, 0.2) is 0 Å². The highest BCUT2D eigenvalue weighted by Gasteiger charge is 1.89. The zero-order chi connectivity index (χ0) is 8.10. The molecular formula is C11H11. The Bertz CT molecular complexity index is 255. The minimum atomic E-state index is 1.19. The van der Waals surface area contributed by atoms with Crippen LogP contribution in [0.2, 0.25) is 0 Å². The molecule has 0 N–H and O–H groups in total. The average molecular weight is 143 g/mol. The Kier molecular flexibility index (Phi) is 2.67. The van der Waals surface area contributed by atoms with Crippen LogP contribution in [0.3, 0.4) is 0 Å². The van der Waals surface area contributed by atoms with E-state index < -0.39 is 0 Å². The van der Waals surface area contributed by atoms with E-state index in [1.165, 1.54) is 11.1 Å². The molecule has 0 heteroatoms. The lowest BCUT2D eigenvalue weighted by molar-refractivity contribution is 1.57. The van der Waals surface area contributed by atoms with Gasteiger partial charge in [-0.2, -0.15) is 0 Å². The molecule has 0 aromatic heterocycles. The third-order valence-electron chi connectivity index (χ3n) is 1.58. The lowest BCUT2D eigenvalue weighted by Gasteiger charge is -1.97. The molecule has 1 radical (unpaired) electrons. The van der Waals surface area contributed by atoms with Gasteiger partial charge in [0.2, 0.25) is 0 Å². The van der Waals surface area contributed by atoms with E-state index in [9.17, 15) is 0 Å². The monoisotopic (exact) mass is 143 g/mol. The second-order valence-corrected chi connectivity index (χ2v) is 2.41. The maximum absolute atomic E-state index is 5.27. The van der Waals surface area contributed by atoms with E-state index in [-0.39, 0.29) is 0 Å². The molecule has 1 aromatic carbocycles. The molecule has 11 heavy (non-hydrogen) atoms. The fourth-order valence-electron chi connectivity index (χ4n) is 0.942. The van der Waals surface area contributed by atoms with E-state index in [2.05, 4.69) is 12.1 Å². The summed E-state index contributed by atoms with van der Waals surface area (Å²) in [6.45, 7) is 7.31. The van der Waals surface area contributed by atoms with Crippen molar-refractivity contribution in [1.82, 2.24) is 0 Å². The average Bonchev–Trinajstić information content (AvgIpc) is 2.07. The second kappa shape index (κ2) is 3.77. The van der Waals surface area contributed by atoms with Crippen LogP contribution in [0, 0.1) is 6.58 Å². The first-order valence-electron chi connectivity index (χ1n) is 3.62. The molecule has 1 aromatic rings. The van der Waals surface area contributed by atoms with E-state index in [1.807, 2.05) is 31.2 Å². The highest BCUT2D eigenvalue weighted by atomic mass is 13.9. The molecule has 0 saturated carbocycles. The summed E-state index contributed by atoms with van der Waals surface area (Å²) >= 11 is 0. The molecule has 0 atom stereocenters. The predicted molar refractivity (Wildman–Crippen MR) is 49.0 cm³/mol. The molecule has 0 aliphatic heterocycles. The standard InChI is InChI=1S/C11H11/c1-3-7-10(2)11-8-5-4-6-9-11/h1,3-9H,2H3/b3-1?,10-7-. The van der Waals surface area contributed by atoms with E-state index >= 15 is 0 Å². The quantitative estimate of drug-likeness (QED) is 0.558. The smallest absolute Gasteiger partial charge is 0.0227 e. The van der Waals surface area contributed by atoms with Crippen molar-refractivity contribution in [3.05, 3.63) is 54.6 Å². The maximum atomic E-state index is 5.27. The number of hydrogen-bond acceptors (Lipinski definition) is 0. The molecule has 0 saturated heterocycles. The minimum Gasteiger partial charge on any atom is -0.0623 e. The van der Waals surface area contributed by atoms with Crippen molar-refractivity contribution < 1.29 is 0 Å². The van der Waals surface area contributed by atoms with E-state index in [4.69, 9.17) is 6.58 Å². The second-order valence-electron chi connectivity index (χ2n) is 2.41. The zero-order valence-electron chi connectivity index (χ0n) is 6.62. The molecule has 1 rings (SSSR count). The number of benzene rings is 1. The largest absolute Gasteiger partial charge is 0.0623 e. The van der Waals surface area contributed by atoms with Crippen molar-refractivity contribution in [2.24, 2.45) is 0 Å². The summed E-state index contributed by atoms with van der Waals surface area (Å²) in [4.78, 5) is 0. The normalized spacial score (nSPS) is 11.2. The Morgan fingerprint density at radius 2 is 1.91 bits per heavy atom. The van der Waals surface area contributed by atoms with Crippen LogP contribution in [0.5, 0.6) is 0 Å². The molecule has 0 nitrogen and oxygen atoms in total. The topological polar surface area (TPSA) is 0 Å². The molecule has 55 valence electrons. The van der Waals surface area contributed by atoms with Gasteiger partial charge in [-0.1, -0.05) is 49.1 Å². The summed E-state index contributed by atoms with van der Waals surface area (Å²) in [5.41, 5.74) is 2.40. The van der Waals surface area contributed by atoms with Crippen molar-refractivity contribution in [1.29, 1.82) is 0 Å². The first kappa shape index (κ1) is 7.80.